The average molecular weight is 445 g/mol. The van der Waals surface area contributed by atoms with Gasteiger partial charge in [0.15, 0.2) is 11.5 Å². The van der Waals surface area contributed by atoms with E-state index in [0.717, 1.165) is 24.1 Å². The zero-order valence-corrected chi connectivity index (χ0v) is 18.3. The predicted molar refractivity (Wildman–Crippen MR) is 123 cm³/mol. The highest BCUT2D eigenvalue weighted by atomic mass is 16.5. The van der Waals surface area contributed by atoms with E-state index < -0.39 is 0 Å². The number of carbonyl (C=O) groups excluding carboxylic acids is 2. The number of ether oxygens (including phenoxy) is 2. The third kappa shape index (κ3) is 4.98. The molecule has 4 rings (SSSR count). The summed E-state index contributed by atoms with van der Waals surface area (Å²) in [4.78, 5) is 33.1. The molecule has 168 valence electrons. The zero-order valence-electron chi connectivity index (χ0n) is 18.3. The predicted octanol–water partition coefficient (Wildman–Crippen LogP) is 3.39. The number of hydrogen-bond donors (Lipinski definition) is 1. The van der Waals surface area contributed by atoms with Crippen molar-refractivity contribution in [1.82, 2.24) is 15.0 Å². The Morgan fingerprint density at radius 2 is 1.79 bits per heavy atom. The highest BCUT2D eigenvalue weighted by molar-refractivity contribution is 6.04. The molecule has 33 heavy (non-hydrogen) atoms. The van der Waals surface area contributed by atoms with E-state index in [1.54, 1.807) is 38.5 Å². The fourth-order valence-electron chi connectivity index (χ4n) is 3.46. The second-order valence-corrected chi connectivity index (χ2v) is 7.27. The summed E-state index contributed by atoms with van der Waals surface area (Å²) >= 11 is 0. The molecule has 3 aromatic rings. The molecule has 0 aliphatic carbocycles. The molecule has 2 heterocycles. The van der Waals surface area contributed by atoms with Crippen molar-refractivity contribution in [3.05, 3.63) is 77.9 Å². The van der Waals surface area contributed by atoms with E-state index in [2.05, 4.69) is 20.4 Å². The van der Waals surface area contributed by atoms with Gasteiger partial charge in [0.1, 0.15) is 5.69 Å². The third-order valence-electron chi connectivity index (χ3n) is 5.16. The van der Waals surface area contributed by atoms with Gasteiger partial charge in [0, 0.05) is 35.8 Å². The fraction of sp³-hybridized carbons (Fsp3) is 0.208. The van der Waals surface area contributed by atoms with Crippen molar-refractivity contribution < 1.29 is 19.1 Å². The van der Waals surface area contributed by atoms with E-state index in [-0.39, 0.29) is 17.5 Å². The smallest absolute Gasteiger partial charge is 0.275 e. The maximum atomic E-state index is 13.0. The Morgan fingerprint density at radius 3 is 2.48 bits per heavy atom. The van der Waals surface area contributed by atoms with Crippen molar-refractivity contribution in [3.63, 3.8) is 0 Å². The molecule has 0 saturated carbocycles. The molecule has 2 aromatic carbocycles. The van der Waals surface area contributed by atoms with E-state index in [0.29, 0.717) is 29.3 Å². The first-order chi connectivity index (χ1) is 16.1. The van der Waals surface area contributed by atoms with E-state index in [1.165, 1.54) is 23.6 Å². The molecule has 0 spiro atoms. The second kappa shape index (κ2) is 9.90. The van der Waals surface area contributed by atoms with Crippen LogP contribution >= 0.6 is 0 Å². The number of methoxy groups -OCH3 is 2. The Bertz CT molecular complexity index is 1180. The number of hydrazone groups is 1. The molecule has 0 saturated heterocycles. The third-order valence-corrected chi connectivity index (χ3v) is 5.16. The summed E-state index contributed by atoms with van der Waals surface area (Å²) in [7, 11) is 3.17. The van der Waals surface area contributed by atoms with Crippen LogP contribution < -0.4 is 14.8 Å². The van der Waals surface area contributed by atoms with Gasteiger partial charge in [-0.2, -0.15) is 5.10 Å². The van der Waals surface area contributed by atoms with Crippen LogP contribution in [0.4, 0.5) is 5.69 Å². The first-order valence-corrected chi connectivity index (χ1v) is 10.4. The molecule has 0 radical (unpaired) electrons. The normalized spacial score (nSPS) is 13.2. The SMILES string of the molecule is COc1ccc(C2=NN(C(=O)c3ccc(NC(=O)c4cnccn4)cc3)CCC2)cc1OC. The maximum Gasteiger partial charge on any atom is 0.275 e. The molecule has 1 aromatic heterocycles. The topological polar surface area (TPSA) is 106 Å². The Morgan fingerprint density at radius 1 is 1.00 bits per heavy atom. The molecule has 1 aliphatic rings. The van der Waals surface area contributed by atoms with Gasteiger partial charge in [-0.15, -0.1) is 0 Å². The number of amides is 2. The largest absolute Gasteiger partial charge is 0.493 e. The van der Waals surface area contributed by atoms with Crippen molar-refractivity contribution in [1.29, 1.82) is 0 Å². The van der Waals surface area contributed by atoms with E-state index >= 15 is 0 Å². The van der Waals surface area contributed by atoms with Gasteiger partial charge in [-0.25, -0.2) is 9.99 Å². The van der Waals surface area contributed by atoms with Gasteiger partial charge in [-0.3, -0.25) is 14.6 Å². The summed E-state index contributed by atoms with van der Waals surface area (Å²) in [5.74, 6) is 0.666. The molecule has 9 nitrogen and oxygen atoms in total. The van der Waals surface area contributed by atoms with Crippen molar-refractivity contribution in [2.24, 2.45) is 5.10 Å². The zero-order chi connectivity index (χ0) is 23.2. The van der Waals surface area contributed by atoms with Crippen LogP contribution in [-0.4, -0.2) is 53.3 Å². The number of nitrogens with one attached hydrogen (secondary N) is 1. The number of carbonyl (C=O) groups is 2. The standard InChI is InChI=1S/C24H23N5O4/c1-32-21-10-7-17(14-22(21)33-2)19-4-3-13-29(28-19)24(31)16-5-8-18(9-6-16)27-23(30)20-15-25-11-12-26-20/h5-12,14-15H,3-4,13H2,1-2H3,(H,27,30). The van der Waals surface area contributed by atoms with Gasteiger partial charge < -0.3 is 14.8 Å². The first-order valence-electron chi connectivity index (χ1n) is 10.4. The van der Waals surface area contributed by atoms with Gasteiger partial charge in [0.05, 0.1) is 26.1 Å². The minimum Gasteiger partial charge on any atom is -0.493 e. The fourth-order valence-corrected chi connectivity index (χ4v) is 3.46. The molecular formula is C24H23N5O4. The molecule has 0 unspecified atom stereocenters. The second-order valence-electron chi connectivity index (χ2n) is 7.27. The number of anilines is 1. The minimum absolute atomic E-state index is 0.209. The lowest BCUT2D eigenvalue weighted by atomic mass is 10.0. The Balaban J connectivity index is 1.48. The van der Waals surface area contributed by atoms with Gasteiger partial charge in [-0.1, -0.05) is 0 Å². The molecule has 0 fully saturated rings. The van der Waals surface area contributed by atoms with Gasteiger partial charge in [0.25, 0.3) is 11.8 Å². The molecule has 1 N–H and O–H groups in total. The van der Waals surface area contributed by atoms with Crippen molar-refractivity contribution in [2.75, 3.05) is 26.1 Å². The number of benzene rings is 2. The van der Waals surface area contributed by atoms with Crippen LogP contribution in [0.3, 0.4) is 0 Å². The van der Waals surface area contributed by atoms with Crippen molar-refractivity contribution >= 4 is 23.2 Å². The maximum absolute atomic E-state index is 13.0. The first kappa shape index (κ1) is 21.9. The lowest BCUT2D eigenvalue weighted by Crippen LogP contribution is -2.32. The number of nitrogens with zero attached hydrogens (tertiary/aromatic N) is 4. The monoisotopic (exact) mass is 445 g/mol. The molecule has 2 amide bonds. The summed E-state index contributed by atoms with van der Waals surface area (Å²) in [6.07, 6.45) is 5.89. The van der Waals surface area contributed by atoms with Crippen LogP contribution in [0, 0.1) is 0 Å². The number of hydrogen-bond acceptors (Lipinski definition) is 7. The summed E-state index contributed by atoms with van der Waals surface area (Å²) in [6, 6.07) is 12.3. The summed E-state index contributed by atoms with van der Waals surface area (Å²) < 4.78 is 10.7. The van der Waals surface area contributed by atoms with Crippen molar-refractivity contribution in [2.45, 2.75) is 12.8 Å². The quantitative estimate of drug-likeness (QED) is 0.623. The molecular weight excluding hydrogens is 422 g/mol. The number of aromatic nitrogens is 2. The van der Waals surface area contributed by atoms with E-state index in [4.69, 9.17) is 9.47 Å². The van der Waals surface area contributed by atoms with Crippen LogP contribution in [0.15, 0.2) is 66.2 Å². The molecule has 9 heteroatoms. The Labute approximate surface area is 191 Å². The van der Waals surface area contributed by atoms with Crippen LogP contribution in [0.5, 0.6) is 11.5 Å². The van der Waals surface area contributed by atoms with Crippen LogP contribution in [-0.2, 0) is 0 Å². The molecule has 0 bridgehead atoms. The molecule has 1 aliphatic heterocycles. The number of rotatable bonds is 6. The minimum atomic E-state index is -0.373. The van der Waals surface area contributed by atoms with Gasteiger partial charge in [0.2, 0.25) is 0 Å². The Kier molecular flexibility index (Phi) is 6.58. The van der Waals surface area contributed by atoms with E-state index in [1.807, 2.05) is 18.2 Å². The Hall–Kier alpha value is -4.27. The van der Waals surface area contributed by atoms with Crippen LogP contribution in [0.1, 0.15) is 39.3 Å². The summed E-state index contributed by atoms with van der Waals surface area (Å²) in [5.41, 5.74) is 2.93. The lowest BCUT2D eigenvalue weighted by molar-refractivity contribution is 0.0751. The average Bonchev–Trinajstić information content (AvgIpc) is 2.88. The van der Waals surface area contributed by atoms with Gasteiger partial charge in [-0.05, 0) is 55.3 Å². The lowest BCUT2D eigenvalue weighted by Gasteiger charge is -2.24. The summed E-state index contributed by atoms with van der Waals surface area (Å²) in [6.45, 7) is 0.529. The van der Waals surface area contributed by atoms with Gasteiger partial charge >= 0.3 is 0 Å². The highest BCUT2D eigenvalue weighted by Crippen LogP contribution is 2.29. The van der Waals surface area contributed by atoms with Crippen LogP contribution in [0.2, 0.25) is 0 Å². The van der Waals surface area contributed by atoms with Crippen LogP contribution in [0.25, 0.3) is 0 Å². The molecule has 0 atom stereocenters. The van der Waals surface area contributed by atoms with E-state index in [9.17, 15) is 9.59 Å². The highest BCUT2D eigenvalue weighted by Gasteiger charge is 2.21. The summed E-state index contributed by atoms with van der Waals surface area (Å²) in [5, 5.41) is 8.80. The van der Waals surface area contributed by atoms with Crippen molar-refractivity contribution in [3.8, 4) is 11.5 Å².